The summed E-state index contributed by atoms with van der Waals surface area (Å²) in [6.07, 6.45) is -0.257. The normalized spacial score (nSPS) is 15.5. The summed E-state index contributed by atoms with van der Waals surface area (Å²) in [6.45, 7) is 13.1. The van der Waals surface area contributed by atoms with Crippen LogP contribution < -0.4 is 0 Å². The fourth-order valence-corrected chi connectivity index (χ4v) is 3.17. The van der Waals surface area contributed by atoms with E-state index in [-0.39, 0.29) is 6.09 Å². The average molecular weight is 378 g/mol. The van der Waals surface area contributed by atoms with E-state index in [1.807, 2.05) is 40.7 Å². The number of nitrogens with zero attached hydrogens (tertiary/aromatic N) is 5. The predicted octanol–water partition coefficient (Wildman–Crippen LogP) is 4.59. The zero-order chi connectivity index (χ0) is 19.5. The molecular weight excluding hydrogens is 350 g/mol. The van der Waals surface area contributed by atoms with Gasteiger partial charge in [0.15, 0.2) is 0 Å². The molecule has 0 atom stereocenters. The van der Waals surface area contributed by atoms with Gasteiger partial charge in [-0.1, -0.05) is 5.11 Å². The van der Waals surface area contributed by atoms with Gasteiger partial charge in [-0.3, -0.25) is 4.90 Å². The van der Waals surface area contributed by atoms with E-state index in [9.17, 15) is 4.79 Å². The van der Waals surface area contributed by atoms with Crippen molar-refractivity contribution in [1.29, 1.82) is 0 Å². The molecule has 0 N–H and O–H groups in total. The Kier molecular flexibility index (Phi) is 6.44. The highest BCUT2D eigenvalue weighted by Crippen LogP contribution is 2.31. The lowest BCUT2D eigenvalue weighted by Gasteiger charge is -2.36. The lowest BCUT2D eigenvalue weighted by atomic mass is 10.0. The summed E-state index contributed by atoms with van der Waals surface area (Å²) in [5, 5.41) is 3.77. The van der Waals surface area contributed by atoms with Crippen molar-refractivity contribution in [2.75, 3.05) is 26.2 Å². The van der Waals surface area contributed by atoms with Gasteiger partial charge in [0.05, 0.1) is 0 Å². The van der Waals surface area contributed by atoms with Gasteiger partial charge < -0.3 is 9.64 Å². The highest BCUT2D eigenvalue weighted by atomic mass is 32.1. The fourth-order valence-electron chi connectivity index (χ4n) is 2.91. The van der Waals surface area contributed by atoms with Crippen molar-refractivity contribution in [3.05, 3.63) is 33.2 Å². The van der Waals surface area contributed by atoms with Crippen LogP contribution in [-0.2, 0) is 11.3 Å². The molecule has 0 unspecified atom stereocenters. The Bertz CT molecular complexity index is 730. The van der Waals surface area contributed by atoms with E-state index < -0.39 is 5.60 Å². The topological polar surface area (TPSA) is 81.5 Å². The lowest BCUT2D eigenvalue weighted by molar-refractivity contribution is 0.0139. The molecule has 1 aliphatic rings. The van der Waals surface area contributed by atoms with E-state index in [2.05, 4.69) is 27.6 Å². The smallest absolute Gasteiger partial charge is 0.410 e. The van der Waals surface area contributed by atoms with Gasteiger partial charge in [-0.25, -0.2) is 4.79 Å². The monoisotopic (exact) mass is 377 g/mol. The van der Waals surface area contributed by atoms with Crippen LogP contribution in [0.1, 0.15) is 37.5 Å². The van der Waals surface area contributed by atoms with Gasteiger partial charge in [0.1, 0.15) is 5.60 Å². The molecule has 26 heavy (non-hydrogen) atoms. The number of ether oxygens (including phenoxy) is 1. The summed E-state index contributed by atoms with van der Waals surface area (Å²) >= 11 is 4.57. The van der Waals surface area contributed by atoms with Crippen LogP contribution in [0.25, 0.3) is 10.4 Å². The van der Waals surface area contributed by atoms with Crippen LogP contribution in [0.2, 0.25) is 0 Å². The minimum absolute atomic E-state index is 0.257. The molecule has 7 nitrogen and oxygen atoms in total. The molecule has 1 saturated heterocycles. The standard InChI is InChI=1S/C18H27N5O2S/c1-12-14(10-15(20-21-19)13(2)16(12)26)11-22-6-8-23(9-7-22)17(24)25-18(3,4)5/h10,26H,6-9,11H2,1-5H3. The molecule has 2 rings (SSSR count). The minimum Gasteiger partial charge on any atom is -0.444 e. The second-order valence-corrected chi connectivity index (χ2v) is 8.03. The number of carbonyl (C=O) groups is 1. The molecule has 1 heterocycles. The molecular formula is C18H27N5O2S. The number of hydrogen-bond acceptors (Lipinski definition) is 5. The average Bonchev–Trinajstić information content (AvgIpc) is 2.56. The molecule has 1 aromatic rings. The molecule has 1 aromatic carbocycles. The Morgan fingerprint density at radius 1 is 1.27 bits per heavy atom. The number of hydrogen-bond donors (Lipinski definition) is 1. The quantitative estimate of drug-likeness (QED) is 0.362. The number of azide groups is 1. The Morgan fingerprint density at radius 3 is 2.42 bits per heavy atom. The first kappa shape index (κ1) is 20.4. The zero-order valence-corrected chi connectivity index (χ0v) is 17.0. The fraction of sp³-hybridized carbons (Fsp3) is 0.611. The highest BCUT2D eigenvalue weighted by Gasteiger charge is 2.26. The Labute approximate surface area is 160 Å². The highest BCUT2D eigenvalue weighted by molar-refractivity contribution is 7.80. The maximum Gasteiger partial charge on any atom is 0.410 e. The van der Waals surface area contributed by atoms with Crippen molar-refractivity contribution >= 4 is 24.4 Å². The molecule has 0 aromatic heterocycles. The molecule has 0 spiro atoms. The first-order valence-corrected chi connectivity index (χ1v) is 9.14. The van der Waals surface area contributed by atoms with Crippen LogP contribution in [0.5, 0.6) is 0 Å². The van der Waals surface area contributed by atoms with Crippen LogP contribution in [0.3, 0.4) is 0 Å². The molecule has 0 aliphatic carbocycles. The Morgan fingerprint density at radius 2 is 1.88 bits per heavy atom. The van der Waals surface area contributed by atoms with E-state index >= 15 is 0 Å². The van der Waals surface area contributed by atoms with Crippen molar-refractivity contribution < 1.29 is 9.53 Å². The number of benzene rings is 1. The van der Waals surface area contributed by atoms with Crippen molar-refractivity contribution in [3.8, 4) is 0 Å². The number of amides is 1. The predicted molar refractivity (Wildman–Crippen MR) is 105 cm³/mol. The van der Waals surface area contributed by atoms with E-state index in [0.717, 1.165) is 41.2 Å². The summed E-state index contributed by atoms with van der Waals surface area (Å²) in [6, 6.07) is 1.93. The SMILES string of the molecule is Cc1c(CN2CCN(C(=O)OC(C)(C)C)CC2)cc(N=[N+]=[N-])c(C)c1S. The van der Waals surface area contributed by atoms with Gasteiger partial charge in [0, 0.05) is 48.2 Å². The number of piperazine rings is 1. The number of thiol groups is 1. The van der Waals surface area contributed by atoms with Gasteiger partial charge in [0.2, 0.25) is 0 Å². The minimum atomic E-state index is -0.478. The van der Waals surface area contributed by atoms with Crippen LogP contribution in [0, 0.1) is 13.8 Å². The zero-order valence-electron chi connectivity index (χ0n) is 16.1. The molecule has 0 radical (unpaired) electrons. The Hall–Kier alpha value is -1.89. The van der Waals surface area contributed by atoms with Gasteiger partial charge in [-0.2, -0.15) is 0 Å². The lowest BCUT2D eigenvalue weighted by Crippen LogP contribution is -2.49. The van der Waals surface area contributed by atoms with Crippen LogP contribution >= 0.6 is 12.6 Å². The van der Waals surface area contributed by atoms with E-state index in [0.29, 0.717) is 18.8 Å². The van der Waals surface area contributed by atoms with E-state index in [1.165, 1.54) is 0 Å². The summed E-state index contributed by atoms with van der Waals surface area (Å²) in [5.41, 5.74) is 12.0. The van der Waals surface area contributed by atoms with E-state index in [4.69, 9.17) is 10.3 Å². The van der Waals surface area contributed by atoms with Gasteiger partial charge in [0.25, 0.3) is 0 Å². The Balaban J connectivity index is 2.04. The summed E-state index contributed by atoms with van der Waals surface area (Å²) < 4.78 is 5.43. The summed E-state index contributed by atoms with van der Waals surface area (Å²) in [7, 11) is 0. The maximum atomic E-state index is 12.2. The van der Waals surface area contributed by atoms with Crippen molar-refractivity contribution in [3.63, 3.8) is 0 Å². The van der Waals surface area contributed by atoms with Crippen molar-refractivity contribution in [2.45, 2.75) is 51.7 Å². The molecule has 0 saturated carbocycles. The third-order valence-electron chi connectivity index (χ3n) is 4.46. The summed E-state index contributed by atoms with van der Waals surface area (Å²) in [4.78, 5) is 20.0. The molecule has 0 bridgehead atoms. The maximum absolute atomic E-state index is 12.2. The van der Waals surface area contributed by atoms with Crippen LogP contribution in [-0.4, -0.2) is 47.7 Å². The van der Waals surface area contributed by atoms with Gasteiger partial charge in [-0.15, -0.1) is 12.6 Å². The van der Waals surface area contributed by atoms with Crippen LogP contribution in [0.15, 0.2) is 16.1 Å². The second kappa shape index (κ2) is 8.20. The first-order chi connectivity index (χ1) is 12.1. The van der Waals surface area contributed by atoms with Gasteiger partial charge in [-0.05, 0) is 62.9 Å². The third kappa shape index (κ3) is 5.06. The molecule has 1 fully saturated rings. The molecule has 142 valence electrons. The number of rotatable bonds is 3. The van der Waals surface area contributed by atoms with E-state index in [1.54, 1.807) is 4.90 Å². The van der Waals surface area contributed by atoms with Gasteiger partial charge >= 0.3 is 6.09 Å². The third-order valence-corrected chi connectivity index (χ3v) is 5.13. The number of carbonyl (C=O) groups excluding carboxylic acids is 1. The largest absolute Gasteiger partial charge is 0.444 e. The summed E-state index contributed by atoms with van der Waals surface area (Å²) in [5.74, 6) is 0. The molecule has 8 heteroatoms. The molecule has 1 amide bonds. The molecule has 1 aliphatic heterocycles. The second-order valence-electron chi connectivity index (χ2n) is 7.59. The first-order valence-electron chi connectivity index (χ1n) is 8.70. The van der Waals surface area contributed by atoms with Crippen molar-refractivity contribution in [2.24, 2.45) is 5.11 Å². The van der Waals surface area contributed by atoms with Crippen LogP contribution in [0.4, 0.5) is 10.5 Å². The van der Waals surface area contributed by atoms with Crippen molar-refractivity contribution in [1.82, 2.24) is 9.80 Å².